The Morgan fingerprint density at radius 2 is 1.65 bits per heavy atom. The summed E-state index contributed by atoms with van der Waals surface area (Å²) in [6.07, 6.45) is 6.81. The van der Waals surface area contributed by atoms with E-state index < -0.39 is 54.7 Å². The molecule has 11 nitrogen and oxygen atoms in total. The van der Waals surface area contributed by atoms with Crippen molar-refractivity contribution in [3.63, 3.8) is 0 Å². The van der Waals surface area contributed by atoms with Gasteiger partial charge >= 0.3 is 11.9 Å². The highest BCUT2D eigenvalue weighted by Crippen LogP contribution is 2.76. The zero-order valence-electron chi connectivity index (χ0n) is 35.1. The van der Waals surface area contributed by atoms with Crippen LogP contribution in [0, 0.1) is 50.2 Å². The summed E-state index contributed by atoms with van der Waals surface area (Å²) < 4.78 is 23.3. The van der Waals surface area contributed by atoms with Crippen molar-refractivity contribution in [2.24, 2.45) is 50.2 Å². The molecule has 1 unspecified atom stereocenters. The maximum atomic E-state index is 13.1. The van der Waals surface area contributed by atoms with Gasteiger partial charge < -0.3 is 44.5 Å². The Bertz CT molecular complexity index is 1780. The van der Waals surface area contributed by atoms with Gasteiger partial charge in [0.2, 0.25) is 0 Å². The largest absolute Gasteiger partial charge is 0.504 e. The standard InChI is InChI=1S/C46H66O11/c1-41(2)19-21-46(40(52)53)22-20-44(6)27(28(46)24-41)11-13-33-43(5)17-16-34(42(3,4)32(43)15-18-45(33,44)7)56-39-37(51)36(50)38(31(25-47)55-39)57-35(49)14-10-26-9-12-29(48)30(23-26)54-8/h9-12,14,23,28,31-34,36-39,47-48,50-51H,13,15-22,24-25H2,1-8H3,(H,52,53)/b14-10+/t28-,31-,32?,33-,34+,36-,37-,38-,39+,43+,44-,45-,46+/m1/s1. The molecule has 1 aromatic carbocycles. The Kier molecular flexibility index (Phi) is 10.8. The van der Waals surface area contributed by atoms with Crippen LogP contribution in [0.5, 0.6) is 11.5 Å². The van der Waals surface area contributed by atoms with Crippen LogP contribution in [0.4, 0.5) is 0 Å². The van der Waals surface area contributed by atoms with Crippen LogP contribution in [0.1, 0.15) is 118 Å². The normalized spacial score (nSPS) is 43.4. The van der Waals surface area contributed by atoms with Gasteiger partial charge in [0, 0.05) is 6.08 Å². The van der Waals surface area contributed by atoms with Crippen LogP contribution in [0.2, 0.25) is 0 Å². The van der Waals surface area contributed by atoms with E-state index in [0.717, 1.165) is 70.3 Å². The maximum Gasteiger partial charge on any atom is 0.331 e. The highest BCUT2D eigenvalue weighted by atomic mass is 16.7. The smallest absolute Gasteiger partial charge is 0.331 e. The molecule has 5 fully saturated rings. The van der Waals surface area contributed by atoms with Crippen molar-refractivity contribution in [3.8, 4) is 11.5 Å². The molecule has 1 saturated heterocycles. The number of hydrogen-bond acceptors (Lipinski definition) is 10. The van der Waals surface area contributed by atoms with Gasteiger partial charge in [-0.05, 0) is 133 Å². The fourth-order valence-electron chi connectivity index (χ4n) is 13.5. The number of phenols is 1. The molecule has 5 aliphatic carbocycles. The Labute approximate surface area is 337 Å². The number of carboxylic acid groups (broad SMARTS) is 1. The summed E-state index contributed by atoms with van der Waals surface area (Å²) >= 11 is 0. The van der Waals surface area contributed by atoms with E-state index >= 15 is 0 Å². The predicted molar refractivity (Wildman–Crippen MR) is 213 cm³/mol. The molecule has 0 radical (unpaired) electrons. The first-order chi connectivity index (χ1) is 26.7. The molecular formula is C46H66O11. The first kappa shape index (κ1) is 42.2. The van der Waals surface area contributed by atoms with Crippen molar-refractivity contribution in [2.75, 3.05) is 13.7 Å². The number of ether oxygens (including phenoxy) is 4. The van der Waals surface area contributed by atoms with Crippen LogP contribution >= 0.6 is 0 Å². The second kappa shape index (κ2) is 14.6. The molecule has 13 atom stereocenters. The number of esters is 1. The Balaban J connectivity index is 1.06. The van der Waals surface area contributed by atoms with E-state index in [0.29, 0.717) is 17.4 Å². The van der Waals surface area contributed by atoms with Crippen LogP contribution in [0.15, 0.2) is 35.9 Å². The number of carboxylic acids is 1. The summed E-state index contributed by atoms with van der Waals surface area (Å²) in [6.45, 7) is 16.0. The number of fused-ring (bicyclic) bond motifs is 7. The van der Waals surface area contributed by atoms with Crippen molar-refractivity contribution in [1.82, 2.24) is 0 Å². The highest BCUT2D eigenvalue weighted by molar-refractivity contribution is 5.87. The lowest BCUT2D eigenvalue weighted by Gasteiger charge is -2.71. The third-order valence-corrected chi connectivity index (χ3v) is 17.0. The second-order valence-electron chi connectivity index (χ2n) is 20.5. The van der Waals surface area contributed by atoms with Crippen LogP contribution in [-0.4, -0.2) is 88.0 Å². The fourth-order valence-corrected chi connectivity index (χ4v) is 13.5. The molecule has 6 aliphatic rings. The molecule has 1 aliphatic heterocycles. The molecule has 0 amide bonds. The second-order valence-corrected chi connectivity index (χ2v) is 20.5. The minimum atomic E-state index is -1.58. The zero-order chi connectivity index (χ0) is 41.5. The van der Waals surface area contributed by atoms with Gasteiger partial charge in [0.1, 0.15) is 18.3 Å². The van der Waals surface area contributed by atoms with E-state index in [-0.39, 0.29) is 50.6 Å². The molecule has 1 aromatic rings. The molecule has 4 saturated carbocycles. The van der Waals surface area contributed by atoms with Gasteiger partial charge in [-0.15, -0.1) is 0 Å². The Morgan fingerprint density at radius 1 is 0.930 bits per heavy atom. The van der Waals surface area contributed by atoms with Crippen molar-refractivity contribution in [1.29, 1.82) is 0 Å². The van der Waals surface area contributed by atoms with Gasteiger partial charge in [-0.3, -0.25) is 4.79 Å². The van der Waals surface area contributed by atoms with Crippen LogP contribution in [-0.2, 0) is 23.8 Å². The maximum absolute atomic E-state index is 13.1. The van der Waals surface area contributed by atoms with Gasteiger partial charge in [-0.25, -0.2) is 4.79 Å². The third kappa shape index (κ3) is 6.66. The number of aromatic hydroxyl groups is 1. The number of allylic oxidation sites excluding steroid dienone is 2. The van der Waals surface area contributed by atoms with Gasteiger partial charge in [-0.2, -0.15) is 0 Å². The topological polar surface area (TPSA) is 172 Å². The summed E-state index contributed by atoms with van der Waals surface area (Å²) in [5, 5.41) is 53.5. The minimum Gasteiger partial charge on any atom is -0.504 e. The van der Waals surface area contributed by atoms with Crippen molar-refractivity contribution < 1.29 is 54.1 Å². The highest BCUT2D eigenvalue weighted by Gasteiger charge is 2.69. The van der Waals surface area contributed by atoms with E-state index in [1.165, 1.54) is 24.8 Å². The number of rotatable bonds is 8. The van der Waals surface area contributed by atoms with E-state index in [2.05, 4.69) is 54.5 Å². The minimum absolute atomic E-state index is 0.00810. The molecule has 316 valence electrons. The van der Waals surface area contributed by atoms with Crippen molar-refractivity contribution in [2.45, 2.75) is 149 Å². The molecule has 11 heteroatoms. The van der Waals surface area contributed by atoms with Crippen molar-refractivity contribution >= 4 is 18.0 Å². The van der Waals surface area contributed by atoms with Gasteiger partial charge in [0.05, 0.1) is 25.2 Å². The van der Waals surface area contributed by atoms with Crippen LogP contribution in [0.3, 0.4) is 0 Å². The lowest BCUT2D eigenvalue weighted by Crippen LogP contribution is -2.66. The molecular weight excluding hydrogens is 728 g/mol. The fraction of sp³-hybridized carbons (Fsp3) is 0.739. The average Bonchev–Trinajstić information content (AvgIpc) is 3.15. The number of aliphatic carboxylic acids is 1. The molecule has 7 rings (SSSR count). The summed E-state index contributed by atoms with van der Waals surface area (Å²) in [6, 6.07) is 4.57. The lowest BCUT2D eigenvalue weighted by molar-refractivity contribution is -0.330. The molecule has 0 bridgehead atoms. The summed E-state index contributed by atoms with van der Waals surface area (Å²) in [7, 11) is 1.42. The quantitative estimate of drug-likeness (QED) is 0.0792. The van der Waals surface area contributed by atoms with Gasteiger partial charge in [-0.1, -0.05) is 66.2 Å². The van der Waals surface area contributed by atoms with Crippen LogP contribution in [0.25, 0.3) is 6.08 Å². The Morgan fingerprint density at radius 3 is 2.33 bits per heavy atom. The van der Waals surface area contributed by atoms with E-state index in [4.69, 9.17) is 18.9 Å². The van der Waals surface area contributed by atoms with Crippen molar-refractivity contribution in [3.05, 3.63) is 41.5 Å². The molecule has 0 aromatic heterocycles. The summed E-state index contributed by atoms with van der Waals surface area (Å²) in [5.41, 5.74) is 1.02. The monoisotopic (exact) mass is 794 g/mol. The van der Waals surface area contributed by atoms with E-state index in [9.17, 15) is 35.1 Å². The summed E-state index contributed by atoms with van der Waals surface area (Å²) in [4.78, 5) is 25.9. The van der Waals surface area contributed by atoms with Gasteiger partial charge in [0.25, 0.3) is 0 Å². The first-order valence-electron chi connectivity index (χ1n) is 21.1. The Hall–Kier alpha value is -2.96. The number of methoxy groups -OCH3 is 1. The number of benzene rings is 1. The molecule has 0 spiro atoms. The lowest BCUT2D eigenvalue weighted by atomic mass is 9.33. The third-order valence-electron chi connectivity index (χ3n) is 17.0. The zero-order valence-corrected chi connectivity index (χ0v) is 35.1. The summed E-state index contributed by atoms with van der Waals surface area (Å²) in [5.74, 6) is -0.467. The molecule has 5 N–H and O–H groups in total. The number of phenolic OH excluding ortho intramolecular Hbond substituents is 1. The number of aliphatic hydroxyl groups is 3. The number of aliphatic hydroxyl groups excluding tert-OH is 3. The number of carbonyl (C=O) groups is 2. The molecule has 1 heterocycles. The number of carbonyl (C=O) groups excluding carboxylic acids is 1. The SMILES string of the molecule is COc1cc(/C=C/C(=O)O[C@H]2[C@H](O)[C@@H](O)[C@H](O[C@H]3CC[C@@]4(C)C(CC[C@]5(C)[C@@H]4CC=C4[C@H]6CC(C)(C)CC[C@]6(C(=O)O)CC[C@]45C)C3(C)C)O[C@@H]2CO)ccc1O. The first-order valence-corrected chi connectivity index (χ1v) is 21.1. The van der Waals surface area contributed by atoms with Gasteiger partial charge in [0.15, 0.2) is 23.9 Å². The van der Waals surface area contributed by atoms with Crippen LogP contribution < -0.4 is 4.74 Å². The average molecular weight is 795 g/mol. The van der Waals surface area contributed by atoms with E-state index in [1.54, 1.807) is 12.1 Å². The van der Waals surface area contributed by atoms with E-state index in [1.807, 2.05) is 0 Å². The molecule has 57 heavy (non-hydrogen) atoms. The predicted octanol–water partition coefficient (Wildman–Crippen LogP) is 7.04. The number of hydrogen-bond donors (Lipinski definition) is 5.